The van der Waals surface area contributed by atoms with Gasteiger partial charge in [-0.25, -0.2) is 0 Å². The first-order chi connectivity index (χ1) is 19.1. The minimum absolute atomic E-state index is 0.140. The van der Waals surface area contributed by atoms with E-state index in [9.17, 15) is 9.59 Å². The summed E-state index contributed by atoms with van der Waals surface area (Å²) in [6.45, 7) is 1.96. The molecular formula is C34H33N3O2. The summed E-state index contributed by atoms with van der Waals surface area (Å²) < 4.78 is 0. The number of hydrogen-bond donors (Lipinski definition) is 1. The second-order valence-corrected chi connectivity index (χ2v) is 9.89. The van der Waals surface area contributed by atoms with Gasteiger partial charge in [-0.1, -0.05) is 84.9 Å². The van der Waals surface area contributed by atoms with Crippen LogP contribution in [0.1, 0.15) is 55.8 Å². The average molecular weight is 516 g/mol. The van der Waals surface area contributed by atoms with Gasteiger partial charge in [0, 0.05) is 29.2 Å². The maximum atomic E-state index is 14.2. The van der Waals surface area contributed by atoms with Crippen molar-refractivity contribution in [3.63, 3.8) is 0 Å². The summed E-state index contributed by atoms with van der Waals surface area (Å²) in [7, 11) is 0. The van der Waals surface area contributed by atoms with Crippen LogP contribution >= 0.6 is 0 Å². The van der Waals surface area contributed by atoms with Crippen LogP contribution in [0.5, 0.6) is 0 Å². The summed E-state index contributed by atoms with van der Waals surface area (Å²) in [4.78, 5) is 34.2. The topological polar surface area (TPSA) is 62.3 Å². The number of amides is 2. The Labute approximate surface area is 230 Å². The normalized spacial score (nSPS) is 14.5. The lowest BCUT2D eigenvalue weighted by molar-refractivity contribution is -0.126. The SMILES string of the molecule is C[C@H](NC(=O)C(c1cccnc1)N(C(=O)C1=CCCCC1)c1ccc(-c2ccccc2)cc1)c1ccccc1. The zero-order valence-electron chi connectivity index (χ0n) is 22.2. The lowest BCUT2D eigenvalue weighted by Crippen LogP contribution is -2.45. The first kappa shape index (κ1) is 26.1. The Morgan fingerprint density at radius 2 is 1.46 bits per heavy atom. The van der Waals surface area contributed by atoms with Crippen LogP contribution in [0.15, 0.2) is 121 Å². The summed E-state index contributed by atoms with van der Waals surface area (Å²) in [6, 6.07) is 30.4. The molecule has 0 radical (unpaired) electrons. The highest BCUT2D eigenvalue weighted by atomic mass is 16.2. The van der Waals surface area contributed by atoms with E-state index in [4.69, 9.17) is 0 Å². The molecule has 5 rings (SSSR count). The largest absolute Gasteiger partial charge is 0.347 e. The van der Waals surface area contributed by atoms with Crippen LogP contribution < -0.4 is 10.2 Å². The number of carbonyl (C=O) groups excluding carboxylic acids is 2. The molecule has 1 aromatic heterocycles. The van der Waals surface area contributed by atoms with Crippen LogP contribution in [0, 0.1) is 0 Å². The molecule has 39 heavy (non-hydrogen) atoms. The van der Waals surface area contributed by atoms with E-state index in [0.717, 1.165) is 41.5 Å². The van der Waals surface area contributed by atoms with Crippen LogP contribution in [0.2, 0.25) is 0 Å². The molecule has 0 spiro atoms. The minimum Gasteiger partial charge on any atom is -0.347 e. The van der Waals surface area contributed by atoms with E-state index in [1.807, 2.05) is 91.9 Å². The molecule has 0 aliphatic heterocycles. The molecule has 2 amide bonds. The smallest absolute Gasteiger partial charge is 0.254 e. The summed E-state index contributed by atoms with van der Waals surface area (Å²) in [5.74, 6) is -0.394. The van der Waals surface area contributed by atoms with Gasteiger partial charge in [-0.05, 0) is 67.5 Å². The Morgan fingerprint density at radius 1 is 0.795 bits per heavy atom. The Bertz CT molecular complexity index is 1420. The third-order valence-electron chi connectivity index (χ3n) is 7.20. The summed E-state index contributed by atoms with van der Waals surface area (Å²) in [5, 5.41) is 3.16. The maximum Gasteiger partial charge on any atom is 0.254 e. The van der Waals surface area contributed by atoms with Crippen LogP contribution in [-0.2, 0) is 9.59 Å². The van der Waals surface area contributed by atoms with Gasteiger partial charge in [0.15, 0.2) is 0 Å². The van der Waals surface area contributed by atoms with Gasteiger partial charge in [-0.3, -0.25) is 19.5 Å². The van der Waals surface area contributed by atoms with Crippen LogP contribution in [0.25, 0.3) is 11.1 Å². The Hall–Kier alpha value is -4.51. The van der Waals surface area contributed by atoms with Gasteiger partial charge in [0.2, 0.25) is 5.91 Å². The van der Waals surface area contributed by atoms with Gasteiger partial charge in [0.05, 0.1) is 6.04 Å². The zero-order valence-corrected chi connectivity index (χ0v) is 22.2. The number of benzene rings is 3. The second kappa shape index (κ2) is 12.4. The minimum atomic E-state index is -0.886. The number of nitrogens with one attached hydrogen (secondary N) is 1. The molecule has 1 aliphatic carbocycles. The lowest BCUT2D eigenvalue weighted by atomic mass is 9.96. The maximum absolute atomic E-state index is 14.2. The third kappa shape index (κ3) is 6.15. The predicted molar refractivity (Wildman–Crippen MR) is 156 cm³/mol. The molecule has 0 saturated carbocycles. The van der Waals surface area contributed by atoms with E-state index in [1.165, 1.54) is 0 Å². The number of carbonyl (C=O) groups is 2. The molecule has 4 aromatic rings. The van der Waals surface area contributed by atoms with E-state index in [-0.39, 0.29) is 17.9 Å². The number of allylic oxidation sites excluding steroid dienone is 1. The third-order valence-corrected chi connectivity index (χ3v) is 7.20. The van der Waals surface area contributed by atoms with Crippen molar-refractivity contribution < 1.29 is 9.59 Å². The van der Waals surface area contributed by atoms with Crippen molar-refractivity contribution in [3.05, 3.63) is 132 Å². The van der Waals surface area contributed by atoms with Crippen molar-refractivity contribution in [2.45, 2.75) is 44.7 Å². The van der Waals surface area contributed by atoms with Gasteiger partial charge in [0.1, 0.15) is 6.04 Å². The van der Waals surface area contributed by atoms with Gasteiger partial charge < -0.3 is 5.32 Å². The van der Waals surface area contributed by atoms with E-state index in [2.05, 4.69) is 22.4 Å². The predicted octanol–water partition coefficient (Wildman–Crippen LogP) is 7.20. The van der Waals surface area contributed by atoms with Crippen molar-refractivity contribution >= 4 is 17.5 Å². The van der Waals surface area contributed by atoms with Crippen LogP contribution in [0.3, 0.4) is 0 Å². The monoisotopic (exact) mass is 515 g/mol. The summed E-state index contributed by atoms with van der Waals surface area (Å²) >= 11 is 0. The van der Waals surface area contributed by atoms with Gasteiger partial charge in [-0.2, -0.15) is 0 Å². The molecule has 5 nitrogen and oxygen atoms in total. The van der Waals surface area contributed by atoms with E-state index in [0.29, 0.717) is 17.7 Å². The molecule has 1 heterocycles. The van der Waals surface area contributed by atoms with E-state index >= 15 is 0 Å². The van der Waals surface area contributed by atoms with Gasteiger partial charge in [0.25, 0.3) is 5.91 Å². The first-order valence-electron chi connectivity index (χ1n) is 13.5. The Morgan fingerprint density at radius 3 is 2.10 bits per heavy atom. The number of nitrogens with zero attached hydrogens (tertiary/aromatic N) is 2. The van der Waals surface area contributed by atoms with E-state index < -0.39 is 6.04 Å². The number of rotatable bonds is 8. The fourth-order valence-electron chi connectivity index (χ4n) is 5.09. The molecule has 1 N–H and O–H groups in total. The molecule has 0 bridgehead atoms. The molecule has 3 aromatic carbocycles. The second-order valence-electron chi connectivity index (χ2n) is 9.89. The Kier molecular flexibility index (Phi) is 8.27. The highest BCUT2D eigenvalue weighted by molar-refractivity contribution is 6.10. The highest BCUT2D eigenvalue weighted by Gasteiger charge is 2.35. The zero-order chi connectivity index (χ0) is 27.0. The Balaban J connectivity index is 1.56. The van der Waals surface area contributed by atoms with Crippen molar-refractivity contribution in [2.75, 3.05) is 4.90 Å². The van der Waals surface area contributed by atoms with Gasteiger partial charge >= 0.3 is 0 Å². The molecule has 1 unspecified atom stereocenters. The van der Waals surface area contributed by atoms with Crippen molar-refractivity contribution in [2.24, 2.45) is 0 Å². The highest BCUT2D eigenvalue weighted by Crippen LogP contribution is 2.33. The number of pyridine rings is 1. The lowest BCUT2D eigenvalue weighted by Gasteiger charge is -2.33. The van der Waals surface area contributed by atoms with Crippen LogP contribution in [0.4, 0.5) is 5.69 Å². The van der Waals surface area contributed by atoms with Crippen molar-refractivity contribution in [3.8, 4) is 11.1 Å². The standard InChI is InChI=1S/C34H33N3O2/c1-25(26-12-5-2-6-13-26)36-33(38)32(30-18-11-23-35-24-30)37(34(39)29-16-9-4-10-17-29)31-21-19-28(20-22-31)27-14-7-3-8-15-27/h2-3,5-8,11-16,18-25,32H,4,9-10,17H2,1H3,(H,36,38)/t25-,32?/m0/s1. The molecule has 196 valence electrons. The molecular weight excluding hydrogens is 482 g/mol. The fourth-order valence-corrected chi connectivity index (χ4v) is 5.09. The fraction of sp³-hybridized carbons (Fsp3) is 0.206. The van der Waals surface area contributed by atoms with Gasteiger partial charge in [-0.15, -0.1) is 0 Å². The number of aromatic nitrogens is 1. The number of anilines is 1. The molecule has 0 fully saturated rings. The summed E-state index contributed by atoms with van der Waals surface area (Å²) in [5.41, 5.74) is 5.22. The average Bonchev–Trinajstić information content (AvgIpc) is 3.01. The van der Waals surface area contributed by atoms with Crippen molar-refractivity contribution in [1.82, 2.24) is 10.3 Å². The summed E-state index contributed by atoms with van der Waals surface area (Å²) in [6.07, 6.45) is 9.00. The quantitative estimate of drug-likeness (QED) is 0.270. The molecule has 0 saturated heterocycles. The van der Waals surface area contributed by atoms with Crippen LogP contribution in [-0.4, -0.2) is 16.8 Å². The molecule has 2 atom stereocenters. The molecule has 5 heteroatoms. The van der Waals surface area contributed by atoms with E-state index in [1.54, 1.807) is 23.4 Å². The van der Waals surface area contributed by atoms with Crippen molar-refractivity contribution in [1.29, 1.82) is 0 Å². The number of hydrogen-bond acceptors (Lipinski definition) is 3. The molecule has 1 aliphatic rings. The first-order valence-corrected chi connectivity index (χ1v) is 13.5.